The number of carbonyl (C=O) groups excluding carboxylic acids is 1. The first-order valence-corrected chi connectivity index (χ1v) is 11.3. The van der Waals surface area contributed by atoms with Crippen LogP contribution in [0.15, 0.2) is 0 Å². The van der Waals surface area contributed by atoms with Gasteiger partial charge < -0.3 is 10.1 Å². The van der Waals surface area contributed by atoms with E-state index in [1.54, 1.807) is 11.3 Å². The quantitative estimate of drug-likeness (QED) is 0.797. The smallest absolute Gasteiger partial charge is 0.226 e. The van der Waals surface area contributed by atoms with Gasteiger partial charge in [-0.25, -0.2) is 0 Å². The molecule has 0 bridgehead atoms. The highest BCUT2D eigenvalue weighted by atomic mass is 32.1. The van der Waals surface area contributed by atoms with Crippen LogP contribution in [0, 0.1) is 11.3 Å². The summed E-state index contributed by atoms with van der Waals surface area (Å²) in [7, 11) is 0. The zero-order valence-electron chi connectivity index (χ0n) is 16.0. The average Bonchev–Trinajstić information content (AvgIpc) is 2.85. The minimum atomic E-state index is 0.0294. The number of nitrogens with one attached hydrogen (secondary N) is 1. The molecule has 6 heteroatoms. The average molecular weight is 388 g/mol. The molecule has 1 aromatic rings. The van der Waals surface area contributed by atoms with Crippen LogP contribution in [-0.2, 0) is 22.4 Å². The molecule has 0 spiro atoms. The second-order valence-corrected chi connectivity index (χ2v) is 9.08. The van der Waals surface area contributed by atoms with Gasteiger partial charge in [0.05, 0.1) is 18.3 Å². The number of thiophene rings is 1. The summed E-state index contributed by atoms with van der Waals surface area (Å²) in [5.74, 6) is 0.0294. The van der Waals surface area contributed by atoms with E-state index >= 15 is 0 Å². The summed E-state index contributed by atoms with van der Waals surface area (Å²) in [4.78, 5) is 16.3. The monoisotopic (exact) mass is 387 g/mol. The van der Waals surface area contributed by atoms with E-state index in [9.17, 15) is 10.1 Å². The number of nitrogens with zero attached hydrogens (tertiary/aromatic N) is 2. The standard InChI is InChI=1S/C21H29N3O2S/c22-14-16-15-6-2-1-3-9-19(15)27-21(16)23-20(25)10-11-24-12-13-26-18-8-5-4-7-17(18)24/h17-18H,1-13H2,(H,23,25). The minimum Gasteiger partial charge on any atom is -0.375 e. The van der Waals surface area contributed by atoms with Crippen LogP contribution in [0.2, 0.25) is 0 Å². The third-order valence-corrected chi connectivity index (χ3v) is 7.47. The molecule has 1 saturated heterocycles. The Kier molecular flexibility index (Phi) is 6.11. The highest BCUT2D eigenvalue weighted by Crippen LogP contribution is 2.37. The number of aryl methyl sites for hydroxylation is 1. The van der Waals surface area contributed by atoms with Crippen molar-refractivity contribution in [3.63, 3.8) is 0 Å². The number of rotatable bonds is 4. The fourth-order valence-corrected chi connectivity index (χ4v) is 6.09. The molecule has 3 aliphatic rings. The summed E-state index contributed by atoms with van der Waals surface area (Å²) in [6.45, 7) is 2.48. The Bertz CT molecular complexity index is 722. The lowest BCUT2D eigenvalue weighted by Gasteiger charge is -2.43. The number of hydrogen-bond donors (Lipinski definition) is 1. The van der Waals surface area contributed by atoms with Crippen molar-refractivity contribution < 1.29 is 9.53 Å². The predicted octanol–water partition coefficient (Wildman–Crippen LogP) is 3.86. The van der Waals surface area contributed by atoms with Crippen molar-refractivity contribution in [2.24, 2.45) is 0 Å². The Morgan fingerprint density at radius 3 is 2.96 bits per heavy atom. The zero-order valence-corrected chi connectivity index (χ0v) is 16.8. The first-order valence-electron chi connectivity index (χ1n) is 10.5. The number of morpholine rings is 1. The van der Waals surface area contributed by atoms with Crippen molar-refractivity contribution in [3.8, 4) is 6.07 Å². The van der Waals surface area contributed by atoms with Crippen LogP contribution >= 0.6 is 11.3 Å². The number of amides is 1. The summed E-state index contributed by atoms with van der Waals surface area (Å²) in [6.07, 6.45) is 11.3. The van der Waals surface area contributed by atoms with Gasteiger partial charge in [0.25, 0.3) is 0 Å². The van der Waals surface area contributed by atoms with Crippen molar-refractivity contribution in [1.82, 2.24) is 4.90 Å². The van der Waals surface area contributed by atoms with Crippen LogP contribution < -0.4 is 5.32 Å². The molecule has 4 rings (SSSR count). The van der Waals surface area contributed by atoms with E-state index in [0.29, 0.717) is 24.1 Å². The third-order valence-electron chi connectivity index (χ3n) is 6.26. The summed E-state index contributed by atoms with van der Waals surface area (Å²) < 4.78 is 5.93. The van der Waals surface area contributed by atoms with Gasteiger partial charge in [-0.15, -0.1) is 11.3 Å². The van der Waals surface area contributed by atoms with Crippen molar-refractivity contribution >= 4 is 22.2 Å². The van der Waals surface area contributed by atoms with Gasteiger partial charge >= 0.3 is 0 Å². The Labute approximate surface area is 165 Å². The first-order chi connectivity index (χ1) is 13.3. The maximum Gasteiger partial charge on any atom is 0.226 e. The Hall–Kier alpha value is -1.42. The van der Waals surface area contributed by atoms with E-state index in [2.05, 4.69) is 16.3 Å². The third kappa shape index (κ3) is 4.21. The van der Waals surface area contributed by atoms with E-state index in [-0.39, 0.29) is 5.91 Å². The molecule has 2 heterocycles. The van der Waals surface area contributed by atoms with E-state index in [0.717, 1.165) is 50.4 Å². The summed E-state index contributed by atoms with van der Waals surface area (Å²) in [5.41, 5.74) is 1.90. The number of carbonyl (C=O) groups is 1. The predicted molar refractivity (Wildman–Crippen MR) is 107 cm³/mol. The molecule has 1 aliphatic heterocycles. The van der Waals surface area contributed by atoms with Crippen molar-refractivity contribution in [1.29, 1.82) is 5.26 Å². The van der Waals surface area contributed by atoms with E-state index in [1.807, 2.05) is 0 Å². The normalized spacial score (nSPS) is 25.7. The van der Waals surface area contributed by atoms with Crippen molar-refractivity contribution in [2.75, 3.05) is 25.0 Å². The molecule has 1 N–H and O–H groups in total. The highest BCUT2D eigenvalue weighted by molar-refractivity contribution is 7.16. The van der Waals surface area contributed by atoms with Crippen LogP contribution in [0.5, 0.6) is 0 Å². The molecule has 0 aromatic carbocycles. The van der Waals surface area contributed by atoms with E-state index in [1.165, 1.54) is 42.5 Å². The largest absolute Gasteiger partial charge is 0.375 e. The van der Waals surface area contributed by atoms with Crippen molar-refractivity contribution in [3.05, 3.63) is 16.0 Å². The fourth-order valence-electron chi connectivity index (χ4n) is 4.84. The number of hydrogen-bond acceptors (Lipinski definition) is 5. The second-order valence-electron chi connectivity index (χ2n) is 7.98. The number of fused-ring (bicyclic) bond motifs is 2. The van der Waals surface area contributed by atoms with Gasteiger partial charge in [-0.3, -0.25) is 9.69 Å². The van der Waals surface area contributed by atoms with Crippen LogP contribution in [-0.4, -0.2) is 42.6 Å². The number of nitriles is 1. The molecule has 27 heavy (non-hydrogen) atoms. The van der Waals surface area contributed by atoms with Crippen LogP contribution in [0.3, 0.4) is 0 Å². The summed E-state index contributed by atoms with van der Waals surface area (Å²) >= 11 is 1.62. The van der Waals surface area contributed by atoms with Gasteiger partial charge in [-0.1, -0.05) is 19.3 Å². The van der Waals surface area contributed by atoms with Crippen LogP contribution in [0.4, 0.5) is 5.00 Å². The van der Waals surface area contributed by atoms with Crippen molar-refractivity contribution in [2.45, 2.75) is 76.4 Å². The van der Waals surface area contributed by atoms with Gasteiger partial charge in [-0.2, -0.15) is 5.26 Å². The lowest BCUT2D eigenvalue weighted by molar-refractivity contribution is -0.118. The maximum absolute atomic E-state index is 12.6. The van der Waals surface area contributed by atoms with Crippen LogP contribution in [0.1, 0.15) is 67.4 Å². The molecule has 1 amide bonds. The molecule has 2 unspecified atom stereocenters. The summed E-state index contributed by atoms with van der Waals surface area (Å²) in [5, 5.41) is 13.4. The van der Waals surface area contributed by atoms with E-state index in [4.69, 9.17) is 4.74 Å². The molecule has 0 radical (unpaired) electrons. The highest BCUT2D eigenvalue weighted by Gasteiger charge is 2.34. The lowest BCUT2D eigenvalue weighted by atomic mass is 9.90. The molecule has 1 saturated carbocycles. The minimum absolute atomic E-state index is 0.0294. The molecule has 1 aromatic heterocycles. The van der Waals surface area contributed by atoms with Crippen LogP contribution in [0.25, 0.3) is 0 Å². The fraction of sp³-hybridized carbons (Fsp3) is 0.714. The van der Waals surface area contributed by atoms with Gasteiger partial charge in [-0.05, 0) is 44.1 Å². The number of anilines is 1. The molecular weight excluding hydrogens is 358 g/mol. The lowest BCUT2D eigenvalue weighted by Crippen LogP contribution is -2.53. The van der Waals surface area contributed by atoms with Gasteiger partial charge in [0, 0.05) is 30.4 Å². The topological polar surface area (TPSA) is 65.4 Å². The molecule has 2 fully saturated rings. The zero-order chi connectivity index (χ0) is 18.6. The Morgan fingerprint density at radius 2 is 2.07 bits per heavy atom. The molecular formula is C21H29N3O2S. The molecule has 2 atom stereocenters. The summed E-state index contributed by atoms with van der Waals surface area (Å²) in [6, 6.07) is 2.83. The SMILES string of the molecule is N#Cc1c(NC(=O)CCN2CCOC3CCCCC32)sc2c1CCCCC2. The Balaban J connectivity index is 1.36. The first kappa shape index (κ1) is 18.9. The Morgan fingerprint density at radius 1 is 1.22 bits per heavy atom. The number of ether oxygens (including phenoxy) is 1. The van der Waals surface area contributed by atoms with Gasteiger partial charge in [0.15, 0.2) is 0 Å². The molecule has 5 nitrogen and oxygen atoms in total. The molecule has 146 valence electrons. The van der Waals surface area contributed by atoms with Gasteiger partial charge in [0.2, 0.25) is 5.91 Å². The maximum atomic E-state index is 12.6. The van der Waals surface area contributed by atoms with E-state index < -0.39 is 0 Å². The second kappa shape index (κ2) is 8.72. The molecule has 2 aliphatic carbocycles. The van der Waals surface area contributed by atoms with Gasteiger partial charge in [0.1, 0.15) is 11.1 Å².